The van der Waals surface area contributed by atoms with Gasteiger partial charge in [0.15, 0.2) is 0 Å². The van der Waals surface area contributed by atoms with Crippen LogP contribution in [0.15, 0.2) is 77.4 Å². The number of ether oxygens (including phenoxy) is 1. The van der Waals surface area contributed by atoms with Crippen molar-refractivity contribution in [1.82, 2.24) is 14.9 Å². The summed E-state index contributed by atoms with van der Waals surface area (Å²) in [5.74, 6) is 0.659. The zero-order chi connectivity index (χ0) is 25.7. The molecule has 7 nitrogen and oxygen atoms in total. The maximum absolute atomic E-state index is 13.5. The van der Waals surface area contributed by atoms with Gasteiger partial charge in [0.05, 0.1) is 18.8 Å². The third kappa shape index (κ3) is 5.62. The minimum atomic E-state index is -1.16. The number of amides is 1. The second-order valence-corrected chi connectivity index (χ2v) is 9.35. The van der Waals surface area contributed by atoms with E-state index in [0.717, 1.165) is 21.6 Å². The van der Waals surface area contributed by atoms with Gasteiger partial charge >= 0.3 is 6.09 Å². The molecule has 1 amide bonds. The monoisotopic (exact) mass is 503 g/mol. The third-order valence-corrected chi connectivity index (χ3v) is 6.73. The molecule has 0 bridgehead atoms. The molecular weight excluding hydrogens is 474 g/mol. The summed E-state index contributed by atoms with van der Waals surface area (Å²) in [5, 5.41) is 13.4. The van der Waals surface area contributed by atoms with Crippen LogP contribution in [-0.4, -0.2) is 27.9 Å². The molecule has 8 heteroatoms. The summed E-state index contributed by atoms with van der Waals surface area (Å²) in [6, 6.07) is 19.3. The number of nitrogens with one attached hydrogen (secondary N) is 1. The molecule has 0 saturated heterocycles. The average Bonchev–Trinajstić information content (AvgIpc) is 3.38. The maximum Gasteiger partial charge on any atom is 0.409 e. The third-order valence-electron chi connectivity index (χ3n) is 5.87. The van der Waals surface area contributed by atoms with Crippen LogP contribution in [0.3, 0.4) is 0 Å². The van der Waals surface area contributed by atoms with Gasteiger partial charge in [-0.25, -0.2) is 9.78 Å². The molecule has 2 N–H and O–H groups in total. The van der Waals surface area contributed by atoms with E-state index in [4.69, 9.17) is 14.8 Å². The lowest BCUT2D eigenvalue weighted by atomic mass is 9.96. The molecule has 0 saturated carbocycles. The van der Waals surface area contributed by atoms with E-state index < -0.39 is 6.09 Å². The number of hydrogen-bond donors (Lipinski definition) is 2. The number of nitrogens with zero attached hydrogens (tertiary/aromatic N) is 2. The van der Waals surface area contributed by atoms with Crippen LogP contribution in [0.25, 0.3) is 16.8 Å². The Balaban J connectivity index is 0.00000380. The number of benzene rings is 2. The first-order chi connectivity index (χ1) is 17.4. The second-order valence-electron chi connectivity index (χ2n) is 8.32. The van der Waals surface area contributed by atoms with Gasteiger partial charge in [-0.1, -0.05) is 61.2 Å². The van der Waals surface area contributed by atoms with Gasteiger partial charge in [0, 0.05) is 36.7 Å². The van der Waals surface area contributed by atoms with E-state index in [1.807, 2.05) is 73.0 Å². The molecule has 0 unspecified atom stereocenters. The molecule has 4 rings (SSSR count). The van der Waals surface area contributed by atoms with Gasteiger partial charge in [-0.15, -0.1) is 11.3 Å². The highest BCUT2D eigenvalue weighted by Gasteiger charge is 2.16. The summed E-state index contributed by atoms with van der Waals surface area (Å²) in [6.07, 6.45) is -0.738. The molecule has 0 spiro atoms. The van der Waals surface area contributed by atoms with Crippen LogP contribution >= 0.6 is 11.3 Å². The molecule has 2 aromatic heterocycles. The summed E-state index contributed by atoms with van der Waals surface area (Å²) < 4.78 is 7.05. The molecule has 186 valence electrons. The Morgan fingerprint density at radius 2 is 1.92 bits per heavy atom. The van der Waals surface area contributed by atoms with E-state index in [1.54, 1.807) is 23.0 Å². The van der Waals surface area contributed by atoms with Crippen molar-refractivity contribution in [2.75, 3.05) is 7.11 Å². The lowest BCUT2D eigenvalue weighted by molar-refractivity contribution is 0.180. The fourth-order valence-electron chi connectivity index (χ4n) is 4.14. The van der Waals surface area contributed by atoms with Crippen LogP contribution in [0.5, 0.6) is 0 Å². The largest absolute Gasteiger partial charge is 0.465 e. The van der Waals surface area contributed by atoms with Gasteiger partial charge in [-0.2, -0.15) is 0 Å². The van der Waals surface area contributed by atoms with Crippen molar-refractivity contribution in [3.05, 3.63) is 116 Å². The number of rotatable bonds is 9. The van der Waals surface area contributed by atoms with E-state index in [-0.39, 0.29) is 13.6 Å². The predicted octanol–water partition coefficient (Wildman–Crippen LogP) is 5.55. The first-order valence-electron chi connectivity index (χ1n) is 11.4. The molecule has 2 heterocycles. The Bertz CT molecular complexity index is 1450. The average molecular weight is 504 g/mol. The van der Waals surface area contributed by atoms with Crippen molar-refractivity contribution >= 4 is 23.1 Å². The summed E-state index contributed by atoms with van der Waals surface area (Å²) in [6.45, 7) is 6.45. The summed E-state index contributed by atoms with van der Waals surface area (Å²) >= 11 is 1.61. The topological polar surface area (TPSA) is 93.4 Å². The van der Waals surface area contributed by atoms with Crippen molar-refractivity contribution < 1.29 is 16.1 Å². The lowest BCUT2D eigenvalue weighted by Gasteiger charge is -2.15. The molecule has 4 aromatic rings. The predicted molar refractivity (Wildman–Crippen MR) is 144 cm³/mol. The SMILES string of the molecule is C=C(NC(=O)O)c1ccccc1-c1ccc(Cc2c(COC)nc(C)n(Cc3cccs3)c2=O)cc1.[HH]. The minimum absolute atomic E-state index is 0. The van der Waals surface area contributed by atoms with E-state index in [9.17, 15) is 9.59 Å². The summed E-state index contributed by atoms with van der Waals surface area (Å²) in [5.41, 5.74) is 4.95. The molecule has 0 radical (unpaired) electrons. The highest BCUT2D eigenvalue weighted by atomic mass is 32.1. The van der Waals surface area contributed by atoms with Gasteiger partial charge in [0.2, 0.25) is 0 Å². The first-order valence-corrected chi connectivity index (χ1v) is 12.2. The summed E-state index contributed by atoms with van der Waals surface area (Å²) in [4.78, 5) is 30.4. The van der Waals surface area contributed by atoms with Crippen molar-refractivity contribution in [2.24, 2.45) is 0 Å². The fourth-order valence-corrected chi connectivity index (χ4v) is 4.83. The summed E-state index contributed by atoms with van der Waals surface area (Å²) in [7, 11) is 1.59. The van der Waals surface area contributed by atoms with Crippen LogP contribution in [-0.2, 0) is 24.3 Å². The van der Waals surface area contributed by atoms with E-state index >= 15 is 0 Å². The Hall–Kier alpha value is -4.01. The van der Waals surface area contributed by atoms with Crippen LogP contribution in [0.1, 0.15) is 34.5 Å². The lowest BCUT2D eigenvalue weighted by Crippen LogP contribution is -2.29. The van der Waals surface area contributed by atoms with Crippen LogP contribution < -0.4 is 10.9 Å². The number of hydrogen-bond acceptors (Lipinski definition) is 5. The molecule has 0 atom stereocenters. The standard InChI is InChI=1S/C28H27N3O4S.H2/c1-18(29-28(33)34)23-8-4-5-9-24(23)21-12-10-20(11-13-21)15-25-26(17-35-3)30-19(2)31(27(25)32)16-22-7-6-14-36-22;/h4-14,29H,1,15-17H2,2-3H3,(H,33,34);1H. The second kappa shape index (κ2) is 11.2. The normalized spacial score (nSPS) is 10.8. The van der Waals surface area contributed by atoms with Crippen molar-refractivity contribution in [3.8, 4) is 11.1 Å². The number of aromatic nitrogens is 2. The molecule has 0 aliphatic heterocycles. The first kappa shape index (κ1) is 25.1. The van der Waals surface area contributed by atoms with Gasteiger partial charge in [-0.05, 0) is 35.1 Å². The number of aryl methyl sites for hydroxylation is 1. The van der Waals surface area contributed by atoms with E-state index in [2.05, 4.69) is 11.9 Å². The smallest absolute Gasteiger partial charge is 0.409 e. The number of thiophene rings is 1. The van der Waals surface area contributed by atoms with E-state index in [1.165, 1.54) is 0 Å². The molecule has 0 aliphatic carbocycles. The fraction of sp³-hybridized carbons (Fsp3) is 0.179. The molecule has 0 fully saturated rings. The quantitative estimate of drug-likeness (QED) is 0.312. The Labute approximate surface area is 214 Å². The zero-order valence-corrected chi connectivity index (χ0v) is 21.0. The van der Waals surface area contributed by atoms with Crippen molar-refractivity contribution in [2.45, 2.75) is 26.5 Å². The van der Waals surface area contributed by atoms with Gasteiger partial charge < -0.3 is 9.84 Å². The van der Waals surface area contributed by atoms with Crippen LogP contribution in [0, 0.1) is 6.92 Å². The zero-order valence-electron chi connectivity index (χ0n) is 20.2. The van der Waals surface area contributed by atoms with E-state index in [0.29, 0.717) is 41.3 Å². The van der Waals surface area contributed by atoms with Gasteiger partial charge in [-0.3, -0.25) is 14.7 Å². The highest BCUT2D eigenvalue weighted by molar-refractivity contribution is 7.09. The highest BCUT2D eigenvalue weighted by Crippen LogP contribution is 2.28. The molecule has 0 aliphatic rings. The molecule has 2 aromatic carbocycles. The number of carboxylic acid groups (broad SMARTS) is 1. The number of carbonyl (C=O) groups is 1. The van der Waals surface area contributed by atoms with Crippen molar-refractivity contribution in [3.63, 3.8) is 0 Å². The Morgan fingerprint density at radius 3 is 2.58 bits per heavy atom. The Morgan fingerprint density at radius 1 is 1.17 bits per heavy atom. The van der Waals surface area contributed by atoms with Crippen LogP contribution in [0.4, 0.5) is 4.79 Å². The maximum atomic E-state index is 13.5. The van der Waals surface area contributed by atoms with Crippen molar-refractivity contribution in [1.29, 1.82) is 0 Å². The van der Waals surface area contributed by atoms with Crippen LogP contribution in [0.2, 0.25) is 0 Å². The molecule has 36 heavy (non-hydrogen) atoms. The molecular formula is C28H29N3O4S. The Kier molecular flexibility index (Phi) is 7.77. The number of methoxy groups -OCH3 is 1. The minimum Gasteiger partial charge on any atom is -0.465 e. The van der Waals surface area contributed by atoms with Gasteiger partial charge in [0.25, 0.3) is 5.56 Å². The van der Waals surface area contributed by atoms with Gasteiger partial charge in [0.1, 0.15) is 5.82 Å².